The minimum atomic E-state index is -0.924. The van der Waals surface area contributed by atoms with Crippen molar-refractivity contribution < 1.29 is 23.9 Å². The molecule has 1 rings (SSSR count). The number of esters is 2. The second-order valence-electron chi connectivity index (χ2n) is 6.83. The minimum Gasteiger partial charge on any atom is -0.461 e. The average Bonchev–Trinajstić information content (AvgIpc) is 2.81. The molecule has 0 aliphatic heterocycles. The zero-order chi connectivity index (χ0) is 20.2. The molecule has 7 heteroatoms. The van der Waals surface area contributed by atoms with E-state index in [-0.39, 0.29) is 35.9 Å². The van der Waals surface area contributed by atoms with Gasteiger partial charge in [0.05, 0.1) is 12.2 Å². The van der Waals surface area contributed by atoms with E-state index < -0.39 is 18.0 Å². The van der Waals surface area contributed by atoms with Crippen molar-refractivity contribution in [3.8, 4) is 0 Å². The summed E-state index contributed by atoms with van der Waals surface area (Å²) in [6, 6.07) is -0.00963. The van der Waals surface area contributed by atoms with Gasteiger partial charge >= 0.3 is 11.9 Å². The standard InChI is InChI=1S/C19H30N2O5/c1-9-25-19(24)16-12(6)15(13(7)20-16)18(23)26-14(8)17(22)21(10(2)3)11(4)5/h10-11,14,20H,9H2,1-8H3/t14-/m1/s1. The number of nitrogens with one attached hydrogen (secondary N) is 1. The fourth-order valence-corrected chi connectivity index (χ4v) is 3.05. The van der Waals surface area contributed by atoms with Crippen molar-refractivity contribution in [3.05, 3.63) is 22.5 Å². The number of hydrogen-bond acceptors (Lipinski definition) is 5. The number of carbonyl (C=O) groups excluding carboxylic acids is 3. The lowest BCUT2D eigenvalue weighted by Crippen LogP contribution is -2.47. The Labute approximate surface area is 155 Å². The Balaban J connectivity index is 3.01. The van der Waals surface area contributed by atoms with Gasteiger partial charge in [-0.25, -0.2) is 9.59 Å². The number of H-pyrrole nitrogens is 1. The molecule has 1 N–H and O–H groups in total. The SMILES string of the molecule is CCOC(=O)c1[nH]c(C)c(C(=O)O[C@H](C)C(=O)N(C(C)C)C(C)C)c1C. The van der Waals surface area contributed by atoms with Gasteiger partial charge in [-0.3, -0.25) is 4.79 Å². The van der Waals surface area contributed by atoms with Crippen LogP contribution >= 0.6 is 0 Å². The van der Waals surface area contributed by atoms with Crippen LogP contribution in [0.25, 0.3) is 0 Å². The first-order chi connectivity index (χ1) is 12.0. The molecule has 1 aromatic rings. The molecular formula is C19H30N2O5. The third-order valence-corrected chi connectivity index (χ3v) is 4.12. The van der Waals surface area contributed by atoms with E-state index in [9.17, 15) is 14.4 Å². The number of aromatic amines is 1. The highest BCUT2D eigenvalue weighted by molar-refractivity contribution is 5.99. The lowest BCUT2D eigenvalue weighted by Gasteiger charge is -2.32. The molecule has 0 saturated carbocycles. The predicted molar refractivity (Wildman–Crippen MR) is 98.2 cm³/mol. The maximum absolute atomic E-state index is 12.6. The van der Waals surface area contributed by atoms with E-state index in [1.54, 1.807) is 32.6 Å². The quantitative estimate of drug-likeness (QED) is 0.750. The van der Waals surface area contributed by atoms with Crippen molar-refractivity contribution in [1.29, 1.82) is 0 Å². The van der Waals surface area contributed by atoms with E-state index in [0.29, 0.717) is 11.3 Å². The molecule has 0 bridgehead atoms. The number of rotatable bonds is 7. The lowest BCUT2D eigenvalue weighted by molar-refractivity contribution is -0.143. The van der Waals surface area contributed by atoms with Gasteiger partial charge in [-0.05, 0) is 61.0 Å². The van der Waals surface area contributed by atoms with E-state index in [1.165, 1.54) is 0 Å². The smallest absolute Gasteiger partial charge is 0.355 e. The zero-order valence-corrected chi connectivity index (χ0v) is 16.9. The second kappa shape index (κ2) is 8.87. The molecule has 0 aromatic carbocycles. The summed E-state index contributed by atoms with van der Waals surface area (Å²) >= 11 is 0. The van der Waals surface area contributed by atoms with E-state index in [0.717, 1.165) is 0 Å². The summed E-state index contributed by atoms with van der Waals surface area (Å²) in [5.74, 6) is -1.41. The van der Waals surface area contributed by atoms with Crippen molar-refractivity contribution in [2.75, 3.05) is 6.61 Å². The highest BCUT2D eigenvalue weighted by Crippen LogP contribution is 2.21. The Bertz CT molecular complexity index is 668. The molecule has 7 nitrogen and oxygen atoms in total. The Morgan fingerprint density at radius 3 is 2.00 bits per heavy atom. The van der Waals surface area contributed by atoms with Gasteiger partial charge in [0.25, 0.3) is 5.91 Å². The first-order valence-corrected chi connectivity index (χ1v) is 8.92. The molecule has 1 aromatic heterocycles. The molecule has 1 amide bonds. The van der Waals surface area contributed by atoms with Gasteiger partial charge in [0.2, 0.25) is 0 Å². The normalized spacial score (nSPS) is 12.2. The van der Waals surface area contributed by atoms with Crippen molar-refractivity contribution >= 4 is 17.8 Å². The Hall–Kier alpha value is -2.31. The molecular weight excluding hydrogens is 336 g/mol. The summed E-state index contributed by atoms with van der Waals surface area (Å²) in [7, 11) is 0. The summed E-state index contributed by atoms with van der Waals surface area (Å²) in [5.41, 5.74) is 1.43. The van der Waals surface area contributed by atoms with Crippen LogP contribution in [0.3, 0.4) is 0 Å². The number of ether oxygens (including phenoxy) is 2. The second-order valence-corrected chi connectivity index (χ2v) is 6.83. The van der Waals surface area contributed by atoms with Crippen LogP contribution < -0.4 is 0 Å². The van der Waals surface area contributed by atoms with Gasteiger partial charge in [0.1, 0.15) is 5.69 Å². The number of amides is 1. The van der Waals surface area contributed by atoms with Gasteiger partial charge in [0, 0.05) is 17.8 Å². The Morgan fingerprint density at radius 2 is 1.54 bits per heavy atom. The van der Waals surface area contributed by atoms with Crippen LogP contribution in [0.1, 0.15) is 73.6 Å². The molecule has 0 spiro atoms. The summed E-state index contributed by atoms with van der Waals surface area (Å²) in [6.07, 6.45) is -0.924. The van der Waals surface area contributed by atoms with Crippen LogP contribution in [0.5, 0.6) is 0 Å². The fraction of sp³-hybridized carbons (Fsp3) is 0.632. The number of carbonyl (C=O) groups is 3. The fourth-order valence-electron chi connectivity index (χ4n) is 3.05. The molecule has 26 heavy (non-hydrogen) atoms. The molecule has 0 saturated heterocycles. The van der Waals surface area contributed by atoms with Gasteiger partial charge in [-0.1, -0.05) is 0 Å². The van der Waals surface area contributed by atoms with Crippen LogP contribution in [0.2, 0.25) is 0 Å². The molecule has 0 aliphatic carbocycles. The number of aryl methyl sites for hydroxylation is 1. The van der Waals surface area contributed by atoms with E-state index >= 15 is 0 Å². The van der Waals surface area contributed by atoms with Crippen LogP contribution in [0.4, 0.5) is 0 Å². The highest BCUT2D eigenvalue weighted by Gasteiger charge is 2.30. The molecule has 0 fully saturated rings. The zero-order valence-electron chi connectivity index (χ0n) is 16.9. The third-order valence-electron chi connectivity index (χ3n) is 4.12. The average molecular weight is 366 g/mol. The monoisotopic (exact) mass is 366 g/mol. The number of aromatic nitrogens is 1. The van der Waals surface area contributed by atoms with Gasteiger partial charge < -0.3 is 19.4 Å². The topological polar surface area (TPSA) is 88.7 Å². The van der Waals surface area contributed by atoms with E-state index in [2.05, 4.69) is 4.98 Å². The van der Waals surface area contributed by atoms with Gasteiger partial charge in [-0.2, -0.15) is 0 Å². The van der Waals surface area contributed by atoms with Crippen LogP contribution in [0.15, 0.2) is 0 Å². The van der Waals surface area contributed by atoms with Gasteiger partial charge in [-0.15, -0.1) is 0 Å². The summed E-state index contributed by atoms with van der Waals surface area (Å²) < 4.78 is 10.4. The number of nitrogens with zero attached hydrogens (tertiary/aromatic N) is 1. The first kappa shape index (κ1) is 21.7. The molecule has 1 atom stereocenters. The van der Waals surface area contributed by atoms with Gasteiger partial charge in [0.15, 0.2) is 6.10 Å². The largest absolute Gasteiger partial charge is 0.461 e. The Morgan fingerprint density at radius 1 is 1.00 bits per heavy atom. The number of hydrogen-bond donors (Lipinski definition) is 1. The summed E-state index contributed by atoms with van der Waals surface area (Å²) in [4.78, 5) is 41.7. The molecule has 146 valence electrons. The Kier molecular flexibility index (Phi) is 7.41. The molecule has 0 radical (unpaired) electrons. The van der Waals surface area contributed by atoms with E-state index in [1.807, 2.05) is 27.7 Å². The lowest BCUT2D eigenvalue weighted by atomic mass is 10.1. The van der Waals surface area contributed by atoms with Crippen molar-refractivity contribution in [2.45, 2.75) is 73.6 Å². The third kappa shape index (κ3) is 4.65. The summed E-state index contributed by atoms with van der Waals surface area (Å²) in [6.45, 7) is 14.5. The summed E-state index contributed by atoms with van der Waals surface area (Å²) in [5, 5.41) is 0. The predicted octanol–water partition coefficient (Wildman–Crippen LogP) is 3.00. The van der Waals surface area contributed by atoms with Crippen molar-refractivity contribution in [2.24, 2.45) is 0 Å². The maximum Gasteiger partial charge on any atom is 0.355 e. The van der Waals surface area contributed by atoms with Crippen LogP contribution in [0, 0.1) is 13.8 Å². The first-order valence-electron chi connectivity index (χ1n) is 8.92. The molecule has 1 heterocycles. The van der Waals surface area contributed by atoms with Crippen molar-refractivity contribution in [1.82, 2.24) is 9.88 Å². The highest BCUT2D eigenvalue weighted by atomic mass is 16.5. The van der Waals surface area contributed by atoms with Crippen LogP contribution in [-0.2, 0) is 14.3 Å². The molecule has 0 aliphatic rings. The maximum atomic E-state index is 12.6. The molecule has 0 unspecified atom stereocenters. The van der Waals surface area contributed by atoms with Crippen LogP contribution in [-0.4, -0.2) is 52.5 Å². The minimum absolute atomic E-state index is 0.00482. The van der Waals surface area contributed by atoms with Crippen molar-refractivity contribution in [3.63, 3.8) is 0 Å². The van der Waals surface area contributed by atoms with E-state index in [4.69, 9.17) is 9.47 Å².